The van der Waals surface area contributed by atoms with E-state index in [4.69, 9.17) is 3.63 Å². The van der Waals surface area contributed by atoms with Crippen LogP contribution in [0.1, 0.15) is 0 Å². The van der Waals surface area contributed by atoms with Crippen molar-refractivity contribution in [2.75, 3.05) is 0 Å². The van der Waals surface area contributed by atoms with Gasteiger partial charge in [-0.15, -0.1) is 0 Å². The molecule has 0 amide bonds. The van der Waals surface area contributed by atoms with E-state index >= 15 is 8.78 Å². The van der Waals surface area contributed by atoms with Gasteiger partial charge in [0, 0.05) is 29.4 Å². The van der Waals surface area contributed by atoms with Crippen LogP contribution >= 0.6 is 20.6 Å². The molecule has 0 saturated carbocycles. The minimum absolute atomic E-state index is 0.146. The molecule has 0 N–H and O–H groups in total. The molecule has 36 heteroatoms. The Balaban J connectivity index is 0.000000320. The maximum atomic E-state index is 15.2. The summed E-state index contributed by atoms with van der Waals surface area (Å²) in [6, 6.07) is 35.8. The summed E-state index contributed by atoms with van der Waals surface area (Å²) < 4.78 is 418. The molecule has 464 valence electrons. The highest BCUT2D eigenvalue weighted by Gasteiger charge is 2.96. The van der Waals surface area contributed by atoms with Crippen molar-refractivity contribution in [3.63, 3.8) is 0 Å². The standard InChI is InChI=1S/C26H15F17O3S2.C22H15F9O3S2/c27-19(28,21(31,32)23(35,36)25(39,40)41)20(29,30)22(33,34)24(37,38)26(42,43)48(44,45)46-47(16-10-4-1-5-11-16,17-12-6-2-7-13-17)18-14-8-3-9-15-18;23-19(24,21(27,28)29)20(25,26)22(30,31)36(32,33)34-35(16-10-4-1-5-11-16,17-12-6-2-7-13-17)18-14-8-3-9-15-18/h1-15H;1-15H. The van der Waals surface area contributed by atoms with Gasteiger partial charge < -0.3 is 0 Å². The first kappa shape index (κ1) is 68.8. The van der Waals surface area contributed by atoms with Gasteiger partial charge in [0.25, 0.3) is 0 Å². The molecule has 0 radical (unpaired) electrons. The summed E-state index contributed by atoms with van der Waals surface area (Å²) in [5, 5.41) is -14.9. The maximum absolute atomic E-state index is 15.2. The fraction of sp³-hybridized carbons (Fsp3) is 0.250. The molecule has 0 aliphatic heterocycles. The third kappa shape index (κ3) is 10.9. The normalized spacial score (nSPS) is 15.0. The minimum Gasteiger partial charge on any atom is -0.202 e. The molecule has 0 saturated heterocycles. The average molecular weight is 1320 g/mol. The summed E-state index contributed by atoms with van der Waals surface area (Å²) in [6.07, 6.45) is -15.1. The lowest BCUT2D eigenvalue weighted by Gasteiger charge is -2.43. The van der Waals surface area contributed by atoms with Crippen molar-refractivity contribution in [2.24, 2.45) is 0 Å². The molecule has 0 bridgehead atoms. The lowest BCUT2D eigenvalue weighted by atomic mass is 9.91. The van der Waals surface area contributed by atoms with Crippen LogP contribution in [-0.4, -0.2) is 87.1 Å². The van der Waals surface area contributed by atoms with Gasteiger partial charge >= 0.3 is 90.5 Å². The van der Waals surface area contributed by atoms with E-state index in [0.717, 1.165) is 72.8 Å². The van der Waals surface area contributed by atoms with Crippen LogP contribution in [0.15, 0.2) is 211 Å². The van der Waals surface area contributed by atoms with Gasteiger partial charge in [-0.1, -0.05) is 109 Å². The van der Waals surface area contributed by atoms with Gasteiger partial charge in [0.05, 0.1) is 0 Å². The molecule has 6 aromatic carbocycles. The quantitative estimate of drug-likeness (QED) is 0.0708. The first-order valence-corrected chi connectivity index (χ1v) is 27.8. The highest BCUT2D eigenvalue weighted by Crippen LogP contribution is 2.74. The van der Waals surface area contributed by atoms with Crippen LogP contribution in [0.5, 0.6) is 0 Å². The average Bonchev–Trinajstić information content (AvgIpc) is 1.21. The van der Waals surface area contributed by atoms with Crippen LogP contribution in [0.25, 0.3) is 0 Å². The summed E-state index contributed by atoms with van der Waals surface area (Å²) in [5.41, 5.74) is 0. The molecule has 0 heterocycles. The van der Waals surface area contributed by atoms with E-state index in [1.165, 1.54) is 109 Å². The fourth-order valence-corrected chi connectivity index (χ4v) is 17.4. The van der Waals surface area contributed by atoms with Gasteiger partial charge in [-0.25, -0.2) is 7.26 Å². The molecule has 0 aliphatic rings. The van der Waals surface area contributed by atoms with E-state index in [1.807, 2.05) is 0 Å². The predicted octanol–water partition coefficient (Wildman–Crippen LogP) is 17.9. The Bertz CT molecular complexity index is 3220. The van der Waals surface area contributed by atoms with Crippen LogP contribution in [0, 0.1) is 0 Å². The maximum Gasteiger partial charge on any atom is 0.460 e. The van der Waals surface area contributed by atoms with E-state index in [1.54, 1.807) is 0 Å². The molecule has 0 unspecified atom stereocenters. The first-order chi connectivity index (χ1) is 38.0. The number of rotatable bonds is 20. The summed E-state index contributed by atoms with van der Waals surface area (Å²) in [7, 11) is -23.5. The Kier molecular flexibility index (Phi) is 18.6. The topological polar surface area (TPSA) is 86.7 Å². The molecule has 6 aromatic rings. The van der Waals surface area contributed by atoms with Crippen molar-refractivity contribution in [3.8, 4) is 0 Å². The van der Waals surface area contributed by atoms with Gasteiger partial charge in [-0.2, -0.15) is 131 Å². The molecule has 0 atom stereocenters. The number of hydrogen-bond acceptors (Lipinski definition) is 6. The third-order valence-electron chi connectivity index (χ3n) is 11.3. The van der Waals surface area contributed by atoms with Gasteiger partial charge in [0.15, 0.2) is 0 Å². The van der Waals surface area contributed by atoms with Crippen LogP contribution in [0.4, 0.5) is 114 Å². The highest BCUT2D eigenvalue weighted by atomic mass is 32.3. The monoisotopic (exact) mass is 1320 g/mol. The number of benzene rings is 6. The van der Waals surface area contributed by atoms with E-state index in [0.29, 0.717) is 0 Å². The van der Waals surface area contributed by atoms with E-state index < -0.39 is 126 Å². The summed E-state index contributed by atoms with van der Waals surface area (Å²) in [6.45, 7) is 0. The van der Waals surface area contributed by atoms with Crippen LogP contribution in [0.3, 0.4) is 0 Å². The van der Waals surface area contributed by atoms with Gasteiger partial charge in [-0.05, 0) is 93.4 Å². The largest absolute Gasteiger partial charge is 0.460 e. The highest BCUT2D eigenvalue weighted by molar-refractivity contribution is 8.33. The molecule has 84 heavy (non-hydrogen) atoms. The molecule has 0 spiro atoms. The van der Waals surface area contributed by atoms with E-state index in [-0.39, 0.29) is 14.7 Å². The summed E-state index contributed by atoms with van der Waals surface area (Å²) >= 11 is 0. The van der Waals surface area contributed by atoms with Crippen LogP contribution < -0.4 is 0 Å². The zero-order valence-electron chi connectivity index (χ0n) is 40.2. The van der Waals surface area contributed by atoms with E-state index in [2.05, 4.69) is 3.63 Å². The summed E-state index contributed by atoms with van der Waals surface area (Å²) in [4.78, 5) is -1.89. The van der Waals surface area contributed by atoms with Crippen molar-refractivity contribution < 1.29 is 138 Å². The van der Waals surface area contributed by atoms with E-state index in [9.17, 15) is 122 Å². The zero-order chi connectivity index (χ0) is 64.1. The lowest BCUT2D eigenvalue weighted by molar-refractivity contribution is -0.458. The Labute approximate surface area is 459 Å². The van der Waals surface area contributed by atoms with Crippen LogP contribution in [-0.2, 0) is 27.5 Å². The summed E-state index contributed by atoms with van der Waals surface area (Å²) in [5.74, 6) is -67.1. The number of halogens is 26. The molecular weight excluding hydrogens is 1290 g/mol. The Morgan fingerprint density at radius 2 is 0.357 bits per heavy atom. The SMILES string of the molecule is O=S(=O)(OS(c1ccccc1)(c1ccccc1)c1ccccc1)C(F)(F)C(F)(F)C(F)(F)C(F)(F)C(F)(F)C(F)(F)C(F)(F)C(F)(F)F.O=S(=O)(OS(c1ccccc1)(c1ccccc1)c1ccccc1)C(F)(F)C(F)(F)C(F)(F)C(F)(F)F. The zero-order valence-corrected chi connectivity index (χ0v) is 43.5. The second-order valence-electron chi connectivity index (χ2n) is 16.7. The molecule has 0 fully saturated rings. The van der Waals surface area contributed by atoms with Crippen molar-refractivity contribution in [2.45, 2.75) is 99.6 Å². The molecule has 6 nitrogen and oxygen atoms in total. The molecular formula is C48H30F26O6S4. The molecule has 0 aromatic heterocycles. The van der Waals surface area contributed by atoms with Crippen molar-refractivity contribution in [3.05, 3.63) is 182 Å². The molecule has 6 rings (SSSR count). The molecule has 0 aliphatic carbocycles. The van der Waals surface area contributed by atoms with Crippen molar-refractivity contribution in [1.29, 1.82) is 0 Å². The van der Waals surface area contributed by atoms with Gasteiger partial charge in [-0.3, -0.25) is 0 Å². The van der Waals surface area contributed by atoms with Crippen molar-refractivity contribution >= 4 is 40.9 Å². The number of hydrogen-bond donors (Lipinski definition) is 0. The Morgan fingerprint density at radius 1 is 0.214 bits per heavy atom. The smallest absolute Gasteiger partial charge is 0.202 e. The minimum atomic E-state index is -8.96. The Morgan fingerprint density at radius 3 is 0.536 bits per heavy atom. The Hall–Kier alpha value is -5.98. The second kappa shape index (κ2) is 22.7. The van der Waals surface area contributed by atoms with Gasteiger partial charge in [0.1, 0.15) is 0 Å². The fourth-order valence-electron chi connectivity index (χ4n) is 6.90. The second-order valence-corrected chi connectivity index (χ2v) is 25.6. The number of alkyl halides is 26. The first-order valence-electron chi connectivity index (χ1n) is 21.8. The third-order valence-corrected chi connectivity index (χ3v) is 21.7. The lowest BCUT2D eigenvalue weighted by Crippen LogP contribution is -2.75. The van der Waals surface area contributed by atoms with Gasteiger partial charge in [0.2, 0.25) is 0 Å². The van der Waals surface area contributed by atoms with Crippen molar-refractivity contribution in [1.82, 2.24) is 0 Å². The van der Waals surface area contributed by atoms with Crippen LogP contribution in [0.2, 0.25) is 0 Å². The predicted molar refractivity (Wildman–Crippen MR) is 245 cm³/mol.